The van der Waals surface area contributed by atoms with Crippen molar-refractivity contribution in [3.63, 3.8) is 0 Å². The van der Waals surface area contributed by atoms with Gasteiger partial charge in [-0.1, -0.05) is 26.2 Å². The van der Waals surface area contributed by atoms with E-state index in [4.69, 9.17) is 4.74 Å². The number of hydrogen-bond acceptors (Lipinski definition) is 2. The fourth-order valence-electron chi connectivity index (χ4n) is 1.69. The molecule has 0 atom stereocenters. The van der Waals surface area contributed by atoms with Gasteiger partial charge in [0, 0.05) is 12.0 Å². The number of methoxy groups -OCH3 is 1. The van der Waals surface area contributed by atoms with Gasteiger partial charge in [-0.2, -0.15) is 0 Å². The number of ketones is 1. The molecule has 0 heterocycles. The third-order valence-corrected chi connectivity index (χ3v) is 2.73. The largest absolute Gasteiger partial charge is 0.494 e. The molecule has 0 aliphatic rings. The Morgan fingerprint density at radius 3 is 2.71 bits per heavy atom. The summed E-state index contributed by atoms with van der Waals surface area (Å²) in [5, 5.41) is 0. The number of halogens is 1. The molecule has 1 aromatic carbocycles. The number of ether oxygens (including phenoxy) is 1. The van der Waals surface area contributed by atoms with E-state index >= 15 is 0 Å². The molecule has 0 N–H and O–H groups in total. The Morgan fingerprint density at radius 2 is 2.06 bits per heavy atom. The Kier molecular flexibility index (Phi) is 5.67. The second-order valence-corrected chi connectivity index (χ2v) is 4.08. The fraction of sp³-hybridized carbons (Fsp3) is 0.500. The maximum atomic E-state index is 13.1. The van der Waals surface area contributed by atoms with E-state index in [1.807, 2.05) is 0 Å². The molecule has 0 bridgehead atoms. The third kappa shape index (κ3) is 4.17. The minimum Gasteiger partial charge on any atom is -0.494 e. The summed E-state index contributed by atoms with van der Waals surface area (Å²) >= 11 is 0. The van der Waals surface area contributed by atoms with Crippen molar-refractivity contribution in [2.75, 3.05) is 7.11 Å². The highest BCUT2D eigenvalue weighted by Gasteiger charge is 2.09. The Bertz CT molecular complexity index is 374. The Morgan fingerprint density at radius 1 is 1.29 bits per heavy atom. The number of carbonyl (C=O) groups excluding carboxylic acids is 1. The van der Waals surface area contributed by atoms with Crippen LogP contribution in [0.15, 0.2) is 18.2 Å². The monoisotopic (exact) mass is 238 g/mol. The van der Waals surface area contributed by atoms with Gasteiger partial charge < -0.3 is 4.74 Å². The van der Waals surface area contributed by atoms with Gasteiger partial charge in [0.15, 0.2) is 17.3 Å². The molecule has 0 radical (unpaired) electrons. The van der Waals surface area contributed by atoms with Gasteiger partial charge in [0.2, 0.25) is 0 Å². The summed E-state index contributed by atoms with van der Waals surface area (Å²) in [4.78, 5) is 11.8. The fourth-order valence-corrected chi connectivity index (χ4v) is 1.69. The summed E-state index contributed by atoms with van der Waals surface area (Å²) in [6.45, 7) is 2.13. The molecule has 0 fully saturated rings. The van der Waals surface area contributed by atoms with Crippen LogP contribution in [0.25, 0.3) is 0 Å². The van der Waals surface area contributed by atoms with E-state index in [0.29, 0.717) is 12.0 Å². The van der Waals surface area contributed by atoms with Crippen molar-refractivity contribution < 1.29 is 13.9 Å². The van der Waals surface area contributed by atoms with Gasteiger partial charge in [0.25, 0.3) is 0 Å². The summed E-state index contributed by atoms with van der Waals surface area (Å²) in [7, 11) is 1.40. The lowest BCUT2D eigenvalue weighted by Gasteiger charge is -2.05. The van der Waals surface area contributed by atoms with E-state index in [1.54, 1.807) is 0 Å². The van der Waals surface area contributed by atoms with Crippen LogP contribution in [0.4, 0.5) is 4.39 Å². The van der Waals surface area contributed by atoms with Crippen molar-refractivity contribution in [2.24, 2.45) is 0 Å². The molecule has 1 rings (SSSR count). The number of rotatable bonds is 7. The molecule has 0 saturated carbocycles. The molecular weight excluding hydrogens is 219 g/mol. The van der Waals surface area contributed by atoms with E-state index < -0.39 is 5.82 Å². The van der Waals surface area contributed by atoms with E-state index in [2.05, 4.69) is 6.92 Å². The topological polar surface area (TPSA) is 26.3 Å². The Labute approximate surface area is 102 Å². The Hall–Kier alpha value is -1.38. The van der Waals surface area contributed by atoms with Gasteiger partial charge in [-0.3, -0.25) is 4.79 Å². The van der Waals surface area contributed by atoms with E-state index in [-0.39, 0.29) is 11.5 Å². The Balaban J connectivity index is 2.57. The number of unbranched alkanes of at least 4 members (excludes halogenated alkanes) is 3. The standard InChI is InChI=1S/C14H19FO2/c1-3-4-5-6-7-13(16)11-8-9-12(15)14(10-11)17-2/h8-10H,3-7H2,1-2H3. The molecule has 0 amide bonds. The molecule has 0 aromatic heterocycles. The highest BCUT2D eigenvalue weighted by Crippen LogP contribution is 2.19. The normalized spacial score (nSPS) is 10.3. The van der Waals surface area contributed by atoms with Gasteiger partial charge in [-0.15, -0.1) is 0 Å². The summed E-state index contributed by atoms with van der Waals surface area (Å²) in [5.74, 6) is -0.251. The van der Waals surface area contributed by atoms with Crippen LogP contribution >= 0.6 is 0 Å². The number of Topliss-reactive ketones (excluding diaryl/α,β-unsaturated/α-hetero) is 1. The molecule has 17 heavy (non-hydrogen) atoms. The first-order valence-electron chi connectivity index (χ1n) is 6.05. The van der Waals surface area contributed by atoms with Crippen LogP contribution in [0.3, 0.4) is 0 Å². The lowest BCUT2D eigenvalue weighted by molar-refractivity contribution is 0.0978. The zero-order valence-corrected chi connectivity index (χ0v) is 10.5. The zero-order valence-electron chi connectivity index (χ0n) is 10.5. The number of hydrogen-bond donors (Lipinski definition) is 0. The lowest BCUT2D eigenvalue weighted by Crippen LogP contribution is -2.00. The first-order chi connectivity index (χ1) is 8.19. The maximum absolute atomic E-state index is 13.1. The lowest BCUT2D eigenvalue weighted by atomic mass is 10.0. The van der Waals surface area contributed by atoms with E-state index in [0.717, 1.165) is 25.7 Å². The van der Waals surface area contributed by atoms with Crippen molar-refractivity contribution in [3.8, 4) is 5.75 Å². The van der Waals surface area contributed by atoms with Crippen molar-refractivity contribution >= 4 is 5.78 Å². The van der Waals surface area contributed by atoms with Gasteiger partial charge in [-0.05, 0) is 24.6 Å². The summed E-state index contributed by atoms with van der Waals surface area (Å²) in [6, 6.07) is 4.26. The summed E-state index contributed by atoms with van der Waals surface area (Å²) in [6.07, 6.45) is 4.79. The molecule has 1 aromatic rings. The minimum absolute atomic E-state index is 0.0550. The quantitative estimate of drug-likeness (QED) is 0.530. The van der Waals surface area contributed by atoms with Crippen molar-refractivity contribution in [1.82, 2.24) is 0 Å². The highest BCUT2D eigenvalue weighted by molar-refractivity contribution is 5.96. The van der Waals surface area contributed by atoms with Crippen LogP contribution < -0.4 is 4.74 Å². The van der Waals surface area contributed by atoms with Crippen LogP contribution in [-0.2, 0) is 0 Å². The molecule has 0 unspecified atom stereocenters. The van der Waals surface area contributed by atoms with Crippen molar-refractivity contribution in [3.05, 3.63) is 29.6 Å². The summed E-state index contributed by atoms with van der Waals surface area (Å²) in [5.41, 5.74) is 0.528. The SMILES string of the molecule is CCCCCCC(=O)c1ccc(F)c(OC)c1. The third-order valence-electron chi connectivity index (χ3n) is 2.73. The average Bonchev–Trinajstić information content (AvgIpc) is 2.35. The molecule has 0 saturated heterocycles. The second-order valence-electron chi connectivity index (χ2n) is 4.08. The average molecular weight is 238 g/mol. The van der Waals surface area contributed by atoms with Crippen LogP contribution in [0.2, 0.25) is 0 Å². The van der Waals surface area contributed by atoms with Gasteiger partial charge in [0.1, 0.15) is 0 Å². The van der Waals surface area contributed by atoms with Gasteiger partial charge >= 0.3 is 0 Å². The summed E-state index contributed by atoms with van der Waals surface area (Å²) < 4.78 is 18.0. The molecule has 3 heteroatoms. The van der Waals surface area contributed by atoms with Gasteiger partial charge in [0.05, 0.1) is 7.11 Å². The highest BCUT2D eigenvalue weighted by atomic mass is 19.1. The molecule has 2 nitrogen and oxygen atoms in total. The first-order valence-corrected chi connectivity index (χ1v) is 6.05. The molecule has 0 aliphatic heterocycles. The molecule has 0 spiro atoms. The van der Waals surface area contributed by atoms with Crippen LogP contribution in [0.5, 0.6) is 5.75 Å². The second kappa shape index (κ2) is 7.05. The van der Waals surface area contributed by atoms with Crippen LogP contribution in [-0.4, -0.2) is 12.9 Å². The first kappa shape index (κ1) is 13.7. The number of carbonyl (C=O) groups is 1. The number of benzene rings is 1. The molecule has 94 valence electrons. The van der Waals surface area contributed by atoms with Crippen molar-refractivity contribution in [1.29, 1.82) is 0 Å². The zero-order chi connectivity index (χ0) is 12.7. The van der Waals surface area contributed by atoms with Crippen LogP contribution in [0.1, 0.15) is 49.4 Å². The smallest absolute Gasteiger partial charge is 0.165 e. The minimum atomic E-state index is -0.435. The predicted molar refractivity (Wildman–Crippen MR) is 66.0 cm³/mol. The molecule has 0 aliphatic carbocycles. The van der Waals surface area contributed by atoms with E-state index in [1.165, 1.54) is 25.3 Å². The van der Waals surface area contributed by atoms with Gasteiger partial charge in [-0.25, -0.2) is 4.39 Å². The van der Waals surface area contributed by atoms with Crippen LogP contribution in [0, 0.1) is 5.82 Å². The predicted octanol–water partition coefficient (Wildman–Crippen LogP) is 3.99. The molecular formula is C14H19FO2. The maximum Gasteiger partial charge on any atom is 0.165 e. The van der Waals surface area contributed by atoms with E-state index in [9.17, 15) is 9.18 Å². The van der Waals surface area contributed by atoms with Crippen molar-refractivity contribution in [2.45, 2.75) is 39.0 Å².